The van der Waals surface area contributed by atoms with E-state index in [0.717, 1.165) is 29.7 Å². The average Bonchev–Trinajstić information content (AvgIpc) is 3.12. The largest absolute Gasteiger partial charge is 0.496 e. The molecular weight excluding hydrogens is 350 g/mol. The molecule has 0 saturated carbocycles. The Balaban J connectivity index is 1.48. The number of fused-ring (bicyclic) bond motifs is 1. The quantitative estimate of drug-likeness (QED) is 0.751. The number of benzene rings is 2. The van der Waals surface area contributed by atoms with Crippen LogP contribution in [0.3, 0.4) is 0 Å². The molecule has 3 aromatic rings. The van der Waals surface area contributed by atoms with Gasteiger partial charge in [-0.05, 0) is 43.2 Å². The zero-order valence-electron chi connectivity index (χ0n) is 14.5. The number of para-hydroxylation sites is 2. The molecule has 0 spiro atoms. The van der Waals surface area contributed by atoms with Gasteiger partial charge in [-0.1, -0.05) is 23.7 Å². The SMILES string of the molecule is COc1ccc(Cl)cc1C(=O)N1CCC(c2nc3ccccc3[nH]2)CC1. The predicted octanol–water partition coefficient (Wildman–Crippen LogP) is 4.24. The lowest BCUT2D eigenvalue weighted by molar-refractivity contribution is 0.0708. The highest BCUT2D eigenvalue weighted by molar-refractivity contribution is 6.31. The number of nitrogens with one attached hydrogen (secondary N) is 1. The highest BCUT2D eigenvalue weighted by Gasteiger charge is 2.27. The number of piperidine rings is 1. The van der Waals surface area contributed by atoms with Crippen LogP contribution in [0.4, 0.5) is 0 Å². The highest BCUT2D eigenvalue weighted by atomic mass is 35.5. The van der Waals surface area contributed by atoms with E-state index in [0.29, 0.717) is 35.3 Å². The number of methoxy groups -OCH3 is 1. The molecule has 1 saturated heterocycles. The number of nitrogens with zero attached hydrogens (tertiary/aromatic N) is 2. The van der Waals surface area contributed by atoms with Crippen LogP contribution in [0.25, 0.3) is 11.0 Å². The standard InChI is InChI=1S/C20H20ClN3O2/c1-26-18-7-6-14(21)12-15(18)20(25)24-10-8-13(9-11-24)19-22-16-4-2-3-5-17(16)23-19/h2-7,12-13H,8-11H2,1H3,(H,22,23). The zero-order chi connectivity index (χ0) is 18.1. The van der Waals surface area contributed by atoms with E-state index in [-0.39, 0.29) is 5.91 Å². The van der Waals surface area contributed by atoms with Gasteiger partial charge in [0.25, 0.3) is 5.91 Å². The lowest BCUT2D eigenvalue weighted by Gasteiger charge is -2.31. The van der Waals surface area contributed by atoms with Crippen LogP contribution in [0.1, 0.15) is 34.9 Å². The van der Waals surface area contributed by atoms with E-state index in [2.05, 4.69) is 4.98 Å². The molecule has 1 aromatic heterocycles. The van der Waals surface area contributed by atoms with Gasteiger partial charge in [-0.2, -0.15) is 0 Å². The van der Waals surface area contributed by atoms with Crippen molar-refractivity contribution in [2.45, 2.75) is 18.8 Å². The van der Waals surface area contributed by atoms with Crippen molar-refractivity contribution < 1.29 is 9.53 Å². The molecule has 1 N–H and O–H groups in total. The lowest BCUT2D eigenvalue weighted by atomic mass is 9.95. The zero-order valence-corrected chi connectivity index (χ0v) is 15.3. The van der Waals surface area contributed by atoms with Crippen molar-refractivity contribution in [1.29, 1.82) is 0 Å². The number of rotatable bonds is 3. The van der Waals surface area contributed by atoms with Crippen LogP contribution in [-0.4, -0.2) is 41.0 Å². The number of hydrogen-bond donors (Lipinski definition) is 1. The second-order valence-corrected chi connectivity index (χ2v) is 6.99. The number of ether oxygens (including phenoxy) is 1. The lowest BCUT2D eigenvalue weighted by Crippen LogP contribution is -2.38. The van der Waals surface area contributed by atoms with Gasteiger partial charge in [0.2, 0.25) is 0 Å². The number of hydrogen-bond acceptors (Lipinski definition) is 3. The molecule has 0 atom stereocenters. The third kappa shape index (κ3) is 3.15. The van der Waals surface area contributed by atoms with Crippen LogP contribution in [0.5, 0.6) is 5.75 Å². The summed E-state index contributed by atoms with van der Waals surface area (Å²) in [6, 6.07) is 13.2. The molecule has 2 heterocycles. The van der Waals surface area contributed by atoms with Gasteiger partial charge in [-0.25, -0.2) is 4.98 Å². The van der Waals surface area contributed by atoms with Gasteiger partial charge in [0.15, 0.2) is 0 Å². The van der Waals surface area contributed by atoms with Gasteiger partial charge in [-0.3, -0.25) is 4.79 Å². The van der Waals surface area contributed by atoms with Gasteiger partial charge >= 0.3 is 0 Å². The Labute approximate surface area is 156 Å². The Morgan fingerprint density at radius 3 is 2.73 bits per heavy atom. The summed E-state index contributed by atoms with van der Waals surface area (Å²) in [7, 11) is 1.56. The number of aromatic nitrogens is 2. The first kappa shape index (κ1) is 16.9. The average molecular weight is 370 g/mol. The van der Waals surface area contributed by atoms with Crippen molar-refractivity contribution in [3.05, 3.63) is 58.9 Å². The van der Waals surface area contributed by atoms with Crippen molar-refractivity contribution in [2.24, 2.45) is 0 Å². The molecule has 0 aliphatic carbocycles. The van der Waals surface area contributed by atoms with E-state index in [4.69, 9.17) is 21.3 Å². The minimum absolute atomic E-state index is 0.0348. The first-order valence-electron chi connectivity index (χ1n) is 8.73. The van der Waals surface area contributed by atoms with Crippen LogP contribution in [0.2, 0.25) is 5.02 Å². The Bertz CT molecular complexity index is 912. The van der Waals surface area contributed by atoms with Crippen molar-refractivity contribution in [3.8, 4) is 5.75 Å². The van der Waals surface area contributed by atoms with E-state index in [1.807, 2.05) is 29.2 Å². The summed E-state index contributed by atoms with van der Waals surface area (Å²) in [4.78, 5) is 22.9. The normalized spacial score (nSPS) is 15.4. The summed E-state index contributed by atoms with van der Waals surface area (Å²) < 4.78 is 5.32. The van der Waals surface area contributed by atoms with Crippen LogP contribution in [0.15, 0.2) is 42.5 Å². The summed E-state index contributed by atoms with van der Waals surface area (Å²) >= 11 is 6.06. The third-order valence-corrected chi connectivity index (χ3v) is 5.20. The summed E-state index contributed by atoms with van der Waals surface area (Å²) in [6.45, 7) is 1.38. The second kappa shape index (κ2) is 7.00. The van der Waals surface area contributed by atoms with Crippen molar-refractivity contribution in [3.63, 3.8) is 0 Å². The first-order valence-corrected chi connectivity index (χ1v) is 9.11. The molecule has 5 nitrogen and oxygen atoms in total. The molecule has 0 radical (unpaired) electrons. The number of carbonyl (C=O) groups excluding carboxylic acids is 1. The fourth-order valence-corrected chi connectivity index (χ4v) is 3.71. The number of aromatic amines is 1. The van der Waals surface area contributed by atoms with Crippen LogP contribution in [0, 0.1) is 0 Å². The Morgan fingerprint density at radius 1 is 1.23 bits per heavy atom. The molecule has 26 heavy (non-hydrogen) atoms. The van der Waals surface area contributed by atoms with Crippen molar-refractivity contribution in [2.75, 3.05) is 20.2 Å². The monoisotopic (exact) mass is 369 g/mol. The number of imidazole rings is 1. The van der Waals surface area contributed by atoms with Crippen molar-refractivity contribution >= 4 is 28.5 Å². The molecule has 134 valence electrons. The summed E-state index contributed by atoms with van der Waals surface area (Å²) in [6.07, 6.45) is 1.77. The summed E-state index contributed by atoms with van der Waals surface area (Å²) in [5, 5.41) is 0.534. The Hall–Kier alpha value is -2.53. The van der Waals surface area contributed by atoms with Gasteiger partial charge in [0.05, 0.1) is 23.7 Å². The minimum Gasteiger partial charge on any atom is -0.496 e. The predicted molar refractivity (Wildman–Crippen MR) is 102 cm³/mol. The number of likely N-dealkylation sites (tertiary alicyclic amines) is 1. The molecule has 1 fully saturated rings. The molecule has 1 aliphatic heterocycles. The number of carbonyl (C=O) groups is 1. The fraction of sp³-hybridized carbons (Fsp3) is 0.300. The summed E-state index contributed by atoms with van der Waals surface area (Å²) in [5.74, 6) is 1.87. The first-order chi connectivity index (χ1) is 12.7. The smallest absolute Gasteiger partial charge is 0.257 e. The van der Waals surface area contributed by atoms with Gasteiger partial charge in [0.1, 0.15) is 11.6 Å². The van der Waals surface area contributed by atoms with Crippen molar-refractivity contribution in [1.82, 2.24) is 14.9 Å². The maximum atomic E-state index is 12.9. The molecule has 2 aromatic carbocycles. The number of amides is 1. The molecule has 4 rings (SSSR count). The van der Waals surface area contributed by atoms with E-state index in [1.165, 1.54) is 0 Å². The van der Waals surface area contributed by atoms with Gasteiger partial charge in [0, 0.05) is 24.0 Å². The third-order valence-electron chi connectivity index (χ3n) is 4.97. The molecule has 0 unspecified atom stereocenters. The molecule has 1 amide bonds. The van der Waals surface area contributed by atoms with Crippen LogP contribution >= 0.6 is 11.6 Å². The fourth-order valence-electron chi connectivity index (χ4n) is 3.54. The van der Waals surface area contributed by atoms with Crippen LogP contribution in [-0.2, 0) is 0 Å². The highest BCUT2D eigenvalue weighted by Crippen LogP contribution is 2.30. The summed E-state index contributed by atoms with van der Waals surface area (Å²) in [5.41, 5.74) is 2.57. The van der Waals surface area contributed by atoms with E-state index in [1.54, 1.807) is 25.3 Å². The Morgan fingerprint density at radius 2 is 2.00 bits per heavy atom. The second-order valence-electron chi connectivity index (χ2n) is 6.55. The molecule has 1 aliphatic rings. The maximum absolute atomic E-state index is 12.9. The Kier molecular flexibility index (Phi) is 4.55. The molecule has 6 heteroatoms. The van der Waals surface area contributed by atoms with Gasteiger partial charge < -0.3 is 14.6 Å². The van der Waals surface area contributed by atoms with E-state index >= 15 is 0 Å². The van der Waals surface area contributed by atoms with E-state index < -0.39 is 0 Å². The maximum Gasteiger partial charge on any atom is 0.257 e. The minimum atomic E-state index is -0.0348. The van der Waals surface area contributed by atoms with Gasteiger partial charge in [-0.15, -0.1) is 0 Å². The molecule has 0 bridgehead atoms. The van der Waals surface area contributed by atoms with E-state index in [9.17, 15) is 4.79 Å². The molecular formula is C20H20ClN3O2. The number of halogens is 1. The topological polar surface area (TPSA) is 58.2 Å². The number of H-pyrrole nitrogens is 1. The van der Waals surface area contributed by atoms with Crippen LogP contribution < -0.4 is 4.74 Å².